The van der Waals surface area contributed by atoms with Crippen LogP contribution in [0.15, 0.2) is 29.8 Å². The minimum Gasteiger partial charge on any atom is -0.297 e. The summed E-state index contributed by atoms with van der Waals surface area (Å²) in [5.41, 5.74) is 2.52. The summed E-state index contributed by atoms with van der Waals surface area (Å²) in [6, 6.07) is 7.56. The molecule has 96 valence electrons. The normalized spacial score (nSPS) is 27.2. The first-order chi connectivity index (χ1) is 8.83. The average molecular weight is 245 g/mol. The fourth-order valence-corrected chi connectivity index (χ4v) is 3.07. The van der Waals surface area contributed by atoms with Gasteiger partial charge in [0, 0.05) is 6.04 Å². The fourth-order valence-electron chi connectivity index (χ4n) is 3.07. The van der Waals surface area contributed by atoms with E-state index in [2.05, 4.69) is 11.0 Å². The predicted octanol–water partition coefficient (Wildman–Crippen LogP) is 3.86. The molecule has 0 aromatic heterocycles. The Morgan fingerprint density at radius 2 is 2.06 bits per heavy atom. The van der Waals surface area contributed by atoms with Crippen molar-refractivity contribution in [3.05, 3.63) is 41.2 Å². The van der Waals surface area contributed by atoms with Gasteiger partial charge in [0.25, 0.3) is 0 Å². The van der Waals surface area contributed by atoms with Crippen molar-refractivity contribution in [2.75, 3.05) is 13.1 Å². The molecule has 3 rings (SSSR count). The van der Waals surface area contributed by atoms with Gasteiger partial charge in [-0.25, -0.2) is 4.39 Å². The summed E-state index contributed by atoms with van der Waals surface area (Å²) < 4.78 is 13.2. The van der Waals surface area contributed by atoms with E-state index in [0.29, 0.717) is 6.04 Å². The van der Waals surface area contributed by atoms with Gasteiger partial charge in [-0.3, -0.25) is 4.90 Å². The van der Waals surface area contributed by atoms with Crippen LogP contribution in [0.5, 0.6) is 0 Å². The molecule has 0 spiro atoms. The molecule has 1 aromatic carbocycles. The zero-order valence-electron chi connectivity index (χ0n) is 10.7. The highest BCUT2D eigenvalue weighted by Gasteiger charge is 2.28. The Kier molecular flexibility index (Phi) is 3.46. The zero-order valence-corrected chi connectivity index (χ0v) is 10.7. The van der Waals surface area contributed by atoms with E-state index in [9.17, 15) is 4.39 Å². The SMILES string of the molecule is Fc1cccc(C=C2CCCCC2N2CCC2)c1. The van der Waals surface area contributed by atoms with Gasteiger partial charge in [0.1, 0.15) is 5.82 Å². The van der Waals surface area contributed by atoms with Crippen LogP contribution in [0.2, 0.25) is 0 Å². The van der Waals surface area contributed by atoms with E-state index in [4.69, 9.17) is 0 Å². The van der Waals surface area contributed by atoms with E-state index < -0.39 is 0 Å². The van der Waals surface area contributed by atoms with E-state index in [-0.39, 0.29) is 5.82 Å². The third-order valence-electron chi connectivity index (χ3n) is 4.15. The van der Waals surface area contributed by atoms with Crippen LogP contribution in [-0.2, 0) is 0 Å². The van der Waals surface area contributed by atoms with Crippen molar-refractivity contribution >= 4 is 6.08 Å². The summed E-state index contributed by atoms with van der Waals surface area (Å²) in [7, 11) is 0. The van der Waals surface area contributed by atoms with Crippen LogP contribution in [-0.4, -0.2) is 24.0 Å². The molecule has 1 aliphatic carbocycles. The molecule has 1 saturated heterocycles. The van der Waals surface area contributed by atoms with Crippen LogP contribution in [0.3, 0.4) is 0 Å². The molecule has 0 radical (unpaired) electrons. The monoisotopic (exact) mass is 245 g/mol. The third-order valence-corrected chi connectivity index (χ3v) is 4.15. The minimum absolute atomic E-state index is 0.138. The summed E-state index contributed by atoms with van der Waals surface area (Å²) >= 11 is 0. The van der Waals surface area contributed by atoms with Crippen LogP contribution in [0.1, 0.15) is 37.7 Å². The van der Waals surface area contributed by atoms with Crippen LogP contribution in [0, 0.1) is 5.82 Å². The van der Waals surface area contributed by atoms with Crippen molar-refractivity contribution in [1.29, 1.82) is 0 Å². The molecule has 2 heteroatoms. The Morgan fingerprint density at radius 3 is 2.78 bits per heavy atom. The second-order valence-electron chi connectivity index (χ2n) is 5.43. The van der Waals surface area contributed by atoms with Gasteiger partial charge in [-0.05, 0) is 56.5 Å². The van der Waals surface area contributed by atoms with Crippen LogP contribution >= 0.6 is 0 Å². The van der Waals surface area contributed by atoms with Gasteiger partial charge in [0.15, 0.2) is 0 Å². The van der Waals surface area contributed by atoms with Gasteiger partial charge in [-0.15, -0.1) is 0 Å². The van der Waals surface area contributed by atoms with Crippen molar-refractivity contribution in [2.45, 2.75) is 38.1 Å². The molecule has 1 saturated carbocycles. The number of nitrogens with zero attached hydrogens (tertiary/aromatic N) is 1. The first-order valence-electron chi connectivity index (χ1n) is 7.03. The highest BCUT2D eigenvalue weighted by Crippen LogP contribution is 2.31. The fraction of sp³-hybridized carbons (Fsp3) is 0.500. The lowest BCUT2D eigenvalue weighted by Crippen LogP contribution is -2.46. The standard InChI is InChI=1S/C16H20FN/c17-15-7-3-5-13(12-15)11-14-6-1-2-8-16(14)18-9-4-10-18/h3,5,7,11-12,16H,1-2,4,6,8-10H2. The van der Waals surface area contributed by atoms with Gasteiger partial charge in [0.05, 0.1) is 0 Å². The molecule has 1 nitrogen and oxygen atoms in total. The molecule has 2 aliphatic rings. The molecule has 0 bridgehead atoms. The summed E-state index contributed by atoms with van der Waals surface area (Å²) in [6.45, 7) is 2.48. The number of rotatable bonds is 2. The maximum Gasteiger partial charge on any atom is 0.123 e. The lowest BCUT2D eigenvalue weighted by atomic mass is 9.86. The van der Waals surface area contributed by atoms with Gasteiger partial charge in [-0.1, -0.05) is 30.2 Å². The van der Waals surface area contributed by atoms with Crippen molar-refractivity contribution < 1.29 is 4.39 Å². The van der Waals surface area contributed by atoms with Crippen molar-refractivity contribution in [3.63, 3.8) is 0 Å². The zero-order chi connectivity index (χ0) is 12.4. The van der Waals surface area contributed by atoms with Crippen LogP contribution in [0.4, 0.5) is 4.39 Å². The van der Waals surface area contributed by atoms with E-state index in [1.165, 1.54) is 56.8 Å². The number of hydrogen-bond acceptors (Lipinski definition) is 1. The first kappa shape index (κ1) is 11.9. The number of benzene rings is 1. The lowest BCUT2D eigenvalue weighted by Gasteiger charge is -2.42. The molecule has 1 atom stereocenters. The Balaban J connectivity index is 1.82. The minimum atomic E-state index is -0.138. The van der Waals surface area contributed by atoms with Gasteiger partial charge < -0.3 is 0 Å². The van der Waals surface area contributed by atoms with E-state index in [1.54, 1.807) is 12.1 Å². The molecular weight excluding hydrogens is 225 g/mol. The van der Waals surface area contributed by atoms with Gasteiger partial charge in [-0.2, -0.15) is 0 Å². The molecule has 1 heterocycles. The largest absolute Gasteiger partial charge is 0.297 e. The maximum atomic E-state index is 13.2. The summed E-state index contributed by atoms with van der Waals surface area (Å²) in [4.78, 5) is 2.57. The van der Waals surface area contributed by atoms with E-state index >= 15 is 0 Å². The Morgan fingerprint density at radius 1 is 1.17 bits per heavy atom. The number of likely N-dealkylation sites (tertiary alicyclic amines) is 1. The molecule has 0 N–H and O–H groups in total. The highest BCUT2D eigenvalue weighted by atomic mass is 19.1. The summed E-state index contributed by atoms with van der Waals surface area (Å²) in [5, 5.41) is 0. The average Bonchev–Trinajstić information content (AvgIpc) is 2.29. The molecule has 1 aliphatic heterocycles. The molecule has 0 amide bonds. The van der Waals surface area contributed by atoms with Gasteiger partial charge in [0.2, 0.25) is 0 Å². The molecule has 18 heavy (non-hydrogen) atoms. The van der Waals surface area contributed by atoms with Crippen molar-refractivity contribution in [2.24, 2.45) is 0 Å². The topological polar surface area (TPSA) is 3.24 Å². The second kappa shape index (κ2) is 5.23. The predicted molar refractivity (Wildman–Crippen MR) is 72.8 cm³/mol. The maximum absolute atomic E-state index is 13.2. The van der Waals surface area contributed by atoms with Crippen molar-refractivity contribution in [1.82, 2.24) is 4.90 Å². The van der Waals surface area contributed by atoms with E-state index in [1.807, 2.05) is 6.07 Å². The summed E-state index contributed by atoms with van der Waals surface area (Å²) in [6.07, 6.45) is 8.63. The molecule has 2 fully saturated rings. The second-order valence-corrected chi connectivity index (χ2v) is 5.43. The third kappa shape index (κ3) is 2.49. The molecule has 1 aromatic rings. The lowest BCUT2D eigenvalue weighted by molar-refractivity contribution is 0.121. The smallest absolute Gasteiger partial charge is 0.123 e. The first-order valence-corrected chi connectivity index (χ1v) is 7.03. The Hall–Kier alpha value is -1.15. The number of hydrogen-bond donors (Lipinski definition) is 0. The Labute approximate surface area is 108 Å². The number of halogens is 1. The van der Waals surface area contributed by atoms with Crippen LogP contribution < -0.4 is 0 Å². The van der Waals surface area contributed by atoms with Crippen molar-refractivity contribution in [3.8, 4) is 0 Å². The van der Waals surface area contributed by atoms with E-state index in [0.717, 1.165) is 5.56 Å². The van der Waals surface area contributed by atoms with Crippen LogP contribution in [0.25, 0.3) is 6.08 Å². The quantitative estimate of drug-likeness (QED) is 0.764. The summed E-state index contributed by atoms with van der Waals surface area (Å²) in [5.74, 6) is -0.138. The van der Waals surface area contributed by atoms with Gasteiger partial charge >= 0.3 is 0 Å². The highest BCUT2D eigenvalue weighted by molar-refractivity contribution is 5.54. The Bertz CT molecular complexity index is 448. The molecular formula is C16H20FN. The molecule has 1 unspecified atom stereocenters.